The Morgan fingerprint density at radius 3 is 2.53 bits per heavy atom. The zero-order valence-corrected chi connectivity index (χ0v) is 10.7. The highest BCUT2D eigenvalue weighted by molar-refractivity contribution is 8.20. The number of rotatable bonds is 3. The fourth-order valence-electron chi connectivity index (χ4n) is 1.71. The Morgan fingerprint density at radius 2 is 1.94 bits per heavy atom. The lowest BCUT2D eigenvalue weighted by Crippen LogP contribution is -2.24. The van der Waals surface area contributed by atoms with Crippen molar-refractivity contribution in [2.45, 2.75) is 37.4 Å². The summed E-state index contributed by atoms with van der Waals surface area (Å²) in [6.07, 6.45) is 2.20. The average molecular weight is 258 g/mol. The quantitative estimate of drug-likeness (QED) is 0.870. The molecular weight excluding hydrogens is 240 g/mol. The van der Waals surface area contributed by atoms with Gasteiger partial charge in [-0.25, -0.2) is 0 Å². The molecule has 1 fully saturated rings. The van der Waals surface area contributed by atoms with Crippen LogP contribution in [0.5, 0.6) is 0 Å². The van der Waals surface area contributed by atoms with E-state index in [1.165, 1.54) is 0 Å². The molecule has 2 N–H and O–H groups in total. The standard InChI is InChI=1S/C12H18O4S/c1-10-5-7-11(8-6-10)17(13,14)16-12-4-2-3-9-15-12/h5-8,12-14H,2-4,9H2,1H3. The largest absolute Gasteiger partial charge is 0.351 e. The second kappa shape index (κ2) is 5.37. The van der Waals surface area contributed by atoms with Gasteiger partial charge in [-0.1, -0.05) is 17.7 Å². The number of benzene rings is 1. The summed E-state index contributed by atoms with van der Waals surface area (Å²) in [6.45, 7) is 2.56. The highest BCUT2D eigenvalue weighted by Gasteiger charge is 2.27. The Balaban J connectivity index is 2.04. The van der Waals surface area contributed by atoms with Crippen LogP contribution in [0.3, 0.4) is 0 Å². The van der Waals surface area contributed by atoms with Gasteiger partial charge in [-0.15, -0.1) is 0 Å². The van der Waals surface area contributed by atoms with Crippen molar-refractivity contribution in [2.75, 3.05) is 6.61 Å². The maximum atomic E-state index is 9.97. The fraction of sp³-hybridized carbons (Fsp3) is 0.500. The molecule has 1 aliphatic heterocycles. The molecule has 0 aliphatic carbocycles. The van der Waals surface area contributed by atoms with E-state index in [4.69, 9.17) is 8.92 Å². The summed E-state index contributed by atoms with van der Waals surface area (Å²) in [5.74, 6) is 0. The van der Waals surface area contributed by atoms with Crippen molar-refractivity contribution in [2.24, 2.45) is 0 Å². The van der Waals surface area contributed by atoms with Gasteiger partial charge in [0, 0.05) is 6.61 Å². The SMILES string of the molecule is Cc1ccc(S(O)(O)OC2CCCCO2)cc1. The Morgan fingerprint density at radius 1 is 1.24 bits per heavy atom. The summed E-state index contributed by atoms with van der Waals surface area (Å²) in [6, 6.07) is 7.00. The van der Waals surface area contributed by atoms with E-state index in [2.05, 4.69) is 0 Å². The lowest BCUT2D eigenvalue weighted by molar-refractivity contribution is -0.107. The van der Waals surface area contributed by atoms with Gasteiger partial charge in [-0.3, -0.25) is 4.18 Å². The summed E-state index contributed by atoms with van der Waals surface area (Å²) in [7, 11) is -3.20. The molecule has 1 atom stereocenters. The van der Waals surface area contributed by atoms with Crippen molar-refractivity contribution < 1.29 is 18.0 Å². The third-order valence-corrected chi connectivity index (χ3v) is 4.08. The van der Waals surface area contributed by atoms with Crippen LogP contribution in [0, 0.1) is 6.92 Å². The highest BCUT2D eigenvalue weighted by atomic mass is 32.3. The zero-order valence-electron chi connectivity index (χ0n) is 9.83. The molecule has 2 rings (SSSR count). The number of hydrogen-bond donors (Lipinski definition) is 2. The van der Waals surface area contributed by atoms with Crippen LogP contribution >= 0.6 is 10.9 Å². The zero-order chi connectivity index (χ0) is 12.3. The van der Waals surface area contributed by atoms with Crippen molar-refractivity contribution in [1.82, 2.24) is 0 Å². The van der Waals surface area contributed by atoms with Crippen LogP contribution in [0.15, 0.2) is 29.2 Å². The molecule has 4 nitrogen and oxygen atoms in total. The van der Waals surface area contributed by atoms with Crippen LogP contribution in [-0.2, 0) is 8.92 Å². The minimum Gasteiger partial charge on any atom is -0.351 e. The van der Waals surface area contributed by atoms with Gasteiger partial charge in [-0.05, 0) is 38.3 Å². The van der Waals surface area contributed by atoms with E-state index in [0.29, 0.717) is 17.9 Å². The predicted molar refractivity (Wildman–Crippen MR) is 67.0 cm³/mol. The molecule has 0 bridgehead atoms. The highest BCUT2D eigenvalue weighted by Crippen LogP contribution is 2.50. The molecule has 0 amide bonds. The van der Waals surface area contributed by atoms with Gasteiger partial charge in [0.15, 0.2) is 6.29 Å². The second-order valence-corrected chi connectivity index (χ2v) is 5.86. The molecular formula is C12H18O4S. The molecule has 1 aromatic rings. The summed E-state index contributed by atoms with van der Waals surface area (Å²) in [4.78, 5) is 0.400. The monoisotopic (exact) mass is 258 g/mol. The normalized spacial score (nSPS) is 22.4. The molecule has 0 spiro atoms. The smallest absolute Gasteiger partial charge is 0.173 e. The van der Waals surface area contributed by atoms with Crippen molar-refractivity contribution in [1.29, 1.82) is 0 Å². The van der Waals surface area contributed by atoms with E-state index >= 15 is 0 Å². The summed E-state index contributed by atoms with van der Waals surface area (Å²) in [5.41, 5.74) is 1.07. The molecule has 5 heteroatoms. The minimum atomic E-state index is -3.20. The van der Waals surface area contributed by atoms with Crippen LogP contribution < -0.4 is 0 Å². The van der Waals surface area contributed by atoms with E-state index in [0.717, 1.165) is 18.4 Å². The molecule has 1 aromatic carbocycles. The van der Waals surface area contributed by atoms with Gasteiger partial charge in [0.1, 0.15) is 10.9 Å². The average Bonchev–Trinajstić information content (AvgIpc) is 2.30. The first-order chi connectivity index (χ1) is 8.08. The van der Waals surface area contributed by atoms with E-state index in [-0.39, 0.29) is 0 Å². The van der Waals surface area contributed by atoms with Crippen LogP contribution in [0.25, 0.3) is 0 Å². The maximum Gasteiger partial charge on any atom is 0.173 e. The third-order valence-electron chi connectivity index (χ3n) is 2.71. The molecule has 1 unspecified atom stereocenters. The predicted octanol–water partition coefficient (Wildman–Crippen LogP) is 3.56. The van der Waals surface area contributed by atoms with Crippen LogP contribution in [0.1, 0.15) is 24.8 Å². The van der Waals surface area contributed by atoms with E-state index < -0.39 is 17.2 Å². The van der Waals surface area contributed by atoms with Gasteiger partial charge in [0.2, 0.25) is 0 Å². The van der Waals surface area contributed by atoms with Crippen molar-refractivity contribution >= 4 is 10.9 Å². The van der Waals surface area contributed by atoms with Crippen LogP contribution in [0.4, 0.5) is 0 Å². The summed E-state index contributed by atoms with van der Waals surface area (Å²) < 4.78 is 30.5. The van der Waals surface area contributed by atoms with Crippen LogP contribution in [-0.4, -0.2) is 22.0 Å². The van der Waals surface area contributed by atoms with Crippen molar-refractivity contribution in [3.05, 3.63) is 29.8 Å². The van der Waals surface area contributed by atoms with E-state index in [9.17, 15) is 9.11 Å². The number of aryl methyl sites for hydroxylation is 1. The number of hydrogen-bond acceptors (Lipinski definition) is 4. The van der Waals surface area contributed by atoms with Gasteiger partial charge in [0.25, 0.3) is 0 Å². The topological polar surface area (TPSA) is 58.9 Å². The van der Waals surface area contributed by atoms with Crippen molar-refractivity contribution in [3.63, 3.8) is 0 Å². The lowest BCUT2D eigenvalue weighted by atomic mass is 10.2. The molecule has 1 aliphatic rings. The summed E-state index contributed by atoms with van der Waals surface area (Å²) >= 11 is 0. The molecule has 1 heterocycles. The Bertz CT molecular complexity index is 357. The van der Waals surface area contributed by atoms with E-state index in [1.54, 1.807) is 12.1 Å². The fourth-order valence-corrected chi connectivity index (χ4v) is 2.76. The van der Waals surface area contributed by atoms with Gasteiger partial charge < -0.3 is 13.8 Å². The van der Waals surface area contributed by atoms with Gasteiger partial charge in [-0.2, -0.15) is 0 Å². The van der Waals surface area contributed by atoms with E-state index in [1.807, 2.05) is 19.1 Å². The maximum absolute atomic E-state index is 9.97. The Kier molecular flexibility index (Phi) is 4.06. The Labute approximate surface area is 103 Å². The van der Waals surface area contributed by atoms with Gasteiger partial charge in [0.05, 0.1) is 4.90 Å². The first kappa shape index (κ1) is 12.9. The second-order valence-electron chi connectivity index (χ2n) is 4.20. The Hall–Kier alpha value is -0.590. The number of ether oxygens (including phenoxy) is 1. The third kappa shape index (κ3) is 3.43. The molecule has 0 aromatic heterocycles. The van der Waals surface area contributed by atoms with Crippen LogP contribution in [0.2, 0.25) is 0 Å². The lowest BCUT2D eigenvalue weighted by Gasteiger charge is -2.32. The molecule has 0 saturated carbocycles. The molecule has 96 valence electrons. The first-order valence-corrected chi connectivity index (χ1v) is 7.20. The molecule has 17 heavy (non-hydrogen) atoms. The molecule has 0 radical (unpaired) electrons. The first-order valence-electron chi connectivity index (χ1n) is 5.73. The minimum absolute atomic E-state index is 0.400. The van der Waals surface area contributed by atoms with Crippen molar-refractivity contribution in [3.8, 4) is 0 Å². The summed E-state index contributed by atoms with van der Waals surface area (Å²) in [5, 5.41) is 0. The molecule has 1 saturated heterocycles. The van der Waals surface area contributed by atoms with Gasteiger partial charge >= 0.3 is 0 Å².